The SMILES string of the molecule is Cc1ccc2oc(-c3ccc(Cl)c(NC(=O)c4sc5cc(Cl)ccc5c4Cl)c3)nc2c1. The molecular weight excluding hydrogens is 475 g/mol. The minimum atomic E-state index is -0.352. The van der Waals surface area contributed by atoms with Gasteiger partial charge < -0.3 is 9.73 Å². The molecule has 0 aliphatic rings. The first-order valence-corrected chi connectivity index (χ1v) is 11.2. The second kappa shape index (κ2) is 7.84. The number of benzene rings is 3. The van der Waals surface area contributed by atoms with Crippen molar-refractivity contribution < 1.29 is 9.21 Å². The van der Waals surface area contributed by atoms with Crippen molar-refractivity contribution in [1.29, 1.82) is 0 Å². The van der Waals surface area contributed by atoms with Crippen molar-refractivity contribution >= 4 is 78.9 Å². The first kappa shape index (κ1) is 20.3. The number of aryl methyl sites for hydroxylation is 1. The van der Waals surface area contributed by atoms with Crippen molar-refractivity contribution in [3.63, 3.8) is 0 Å². The molecule has 2 heterocycles. The average Bonchev–Trinajstić information content (AvgIpc) is 3.30. The van der Waals surface area contributed by atoms with Crippen LogP contribution in [0.3, 0.4) is 0 Å². The Kier molecular flexibility index (Phi) is 5.15. The summed E-state index contributed by atoms with van der Waals surface area (Å²) in [6.07, 6.45) is 0. The number of hydrogen-bond acceptors (Lipinski definition) is 4. The van der Waals surface area contributed by atoms with Crippen LogP contribution in [-0.4, -0.2) is 10.9 Å². The van der Waals surface area contributed by atoms with Crippen LogP contribution in [0.1, 0.15) is 15.2 Å². The lowest BCUT2D eigenvalue weighted by Gasteiger charge is -2.08. The molecule has 5 rings (SSSR count). The summed E-state index contributed by atoms with van der Waals surface area (Å²) < 4.78 is 6.70. The minimum absolute atomic E-state index is 0.352. The molecule has 3 aromatic carbocycles. The van der Waals surface area contributed by atoms with Crippen LogP contribution >= 0.6 is 46.1 Å². The molecule has 0 unspecified atom stereocenters. The zero-order valence-corrected chi connectivity index (χ0v) is 19.1. The molecule has 0 aliphatic carbocycles. The number of carbonyl (C=O) groups excluding carboxylic acids is 1. The van der Waals surface area contributed by atoms with Gasteiger partial charge in [0.1, 0.15) is 10.4 Å². The van der Waals surface area contributed by atoms with E-state index in [0.717, 1.165) is 21.2 Å². The molecule has 0 spiro atoms. The monoisotopic (exact) mass is 486 g/mol. The van der Waals surface area contributed by atoms with Crippen molar-refractivity contribution in [2.45, 2.75) is 6.92 Å². The first-order chi connectivity index (χ1) is 14.9. The number of nitrogens with one attached hydrogen (secondary N) is 1. The van der Waals surface area contributed by atoms with E-state index in [1.54, 1.807) is 36.4 Å². The Hall–Kier alpha value is -2.57. The molecule has 0 saturated heterocycles. The number of fused-ring (bicyclic) bond motifs is 2. The normalized spacial score (nSPS) is 11.4. The number of halogens is 3. The molecular formula is C23H13Cl3N2O2S. The number of hydrogen-bond donors (Lipinski definition) is 1. The number of aromatic nitrogens is 1. The lowest BCUT2D eigenvalue weighted by molar-refractivity contribution is 0.103. The fourth-order valence-electron chi connectivity index (χ4n) is 3.28. The van der Waals surface area contributed by atoms with E-state index in [9.17, 15) is 4.79 Å². The molecule has 0 fully saturated rings. The van der Waals surface area contributed by atoms with Crippen LogP contribution < -0.4 is 5.32 Å². The quantitative estimate of drug-likeness (QED) is 0.279. The van der Waals surface area contributed by atoms with E-state index in [1.807, 2.05) is 25.1 Å². The number of nitrogens with zero attached hydrogens (tertiary/aromatic N) is 1. The second-order valence-corrected chi connectivity index (χ2v) is 9.30. The number of thiophene rings is 1. The average molecular weight is 488 g/mol. The topological polar surface area (TPSA) is 55.1 Å². The third-order valence-corrected chi connectivity index (χ3v) is 7.02. The van der Waals surface area contributed by atoms with Crippen molar-refractivity contribution in [3.8, 4) is 11.5 Å². The van der Waals surface area contributed by atoms with Crippen molar-refractivity contribution in [1.82, 2.24) is 4.98 Å². The minimum Gasteiger partial charge on any atom is -0.436 e. The van der Waals surface area contributed by atoms with E-state index in [4.69, 9.17) is 39.2 Å². The summed E-state index contributed by atoms with van der Waals surface area (Å²) in [5, 5.41) is 4.99. The highest BCUT2D eigenvalue weighted by Crippen LogP contribution is 2.38. The van der Waals surface area contributed by atoms with E-state index in [2.05, 4.69) is 10.3 Å². The van der Waals surface area contributed by atoms with Crippen molar-refractivity contribution in [3.05, 3.63) is 80.1 Å². The van der Waals surface area contributed by atoms with Gasteiger partial charge in [-0.25, -0.2) is 4.98 Å². The van der Waals surface area contributed by atoms with Gasteiger partial charge in [0.15, 0.2) is 5.58 Å². The third kappa shape index (κ3) is 3.79. The summed E-state index contributed by atoms with van der Waals surface area (Å²) in [7, 11) is 0. The Morgan fingerprint density at radius 3 is 2.71 bits per heavy atom. The van der Waals surface area contributed by atoms with E-state index in [0.29, 0.717) is 42.7 Å². The molecule has 0 bridgehead atoms. The Bertz CT molecular complexity index is 1490. The van der Waals surface area contributed by atoms with Gasteiger partial charge in [-0.3, -0.25) is 4.79 Å². The molecule has 5 aromatic rings. The molecule has 2 aromatic heterocycles. The Balaban J connectivity index is 1.49. The van der Waals surface area contributed by atoms with Crippen LogP contribution in [0.2, 0.25) is 15.1 Å². The summed E-state index contributed by atoms with van der Waals surface area (Å²) in [4.78, 5) is 17.9. The molecule has 0 atom stereocenters. The molecule has 154 valence electrons. The lowest BCUT2D eigenvalue weighted by Crippen LogP contribution is -2.11. The van der Waals surface area contributed by atoms with Gasteiger partial charge in [0, 0.05) is 20.7 Å². The fraction of sp³-hybridized carbons (Fsp3) is 0.0435. The lowest BCUT2D eigenvalue weighted by atomic mass is 10.2. The Morgan fingerprint density at radius 1 is 1.03 bits per heavy atom. The number of anilines is 1. The molecule has 4 nitrogen and oxygen atoms in total. The van der Waals surface area contributed by atoms with Crippen LogP contribution in [0, 0.1) is 6.92 Å². The first-order valence-electron chi connectivity index (χ1n) is 9.25. The summed E-state index contributed by atoms with van der Waals surface area (Å²) in [5.74, 6) is 0.0943. The van der Waals surface area contributed by atoms with Gasteiger partial charge in [0.25, 0.3) is 5.91 Å². The van der Waals surface area contributed by atoms with Gasteiger partial charge in [-0.05, 0) is 55.0 Å². The van der Waals surface area contributed by atoms with Crippen molar-refractivity contribution in [2.24, 2.45) is 0 Å². The highest BCUT2D eigenvalue weighted by molar-refractivity contribution is 7.21. The molecule has 1 amide bonds. The van der Waals surface area contributed by atoms with Crippen LogP contribution in [0.4, 0.5) is 5.69 Å². The standard InChI is InChI=1S/C23H13Cl3N2O2S/c1-11-2-7-18-17(8-11)28-23(30-18)12-3-6-15(25)16(9-12)27-22(29)21-20(26)14-5-4-13(24)10-19(14)31-21/h2-10H,1H3,(H,27,29). The van der Waals surface area contributed by atoms with E-state index < -0.39 is 0 Å². The smallest absolute Gasteiger partial charge is 0.267 e. The van der Waals surface area contributed by atoms with Crippen LogP contribution in [-0.2, 0) is 0 Å². The maximum Gasteiger partial charge on any atom is 0.267 e. The summed E-state index contributed by atoms with van der Waals surface area (Å²) >= 11 is 20.1. The molecule has 31 heavy (non-hydrogen) atoms. The number of carbonyl (C=O) groups is 1. The summed E-state index contributed by atoms with van der Waals surface area (Å²) in [6, 6.07) is 16.4. The predicted octanol–water partition coefficient (Wildman–Crippen LogP) is 8.23. The molecule has 8 heteroatoms. The van der Waals surface area contributed by atoms with E-state index >= 15 is 0 Å². The largest absolute Gasteiger partial charge is 0.436 e. The van der Waals surface area contributed by atoms with Gasteiger partial charge in [-0.1, -0.05) is 46.9 Å². The molecule has 1 N–H and O–H groups in total. The maximum atomic E-state index is 13.0. The predicted molar refractivity (Wildman–Crippen MR) is 129 cm³/mol. The van der Waals surface area contributed by atoms with Crippen LogP contribution in [0.15, 0.2) is 59.0 Å². The molecule has 0 saturated carbocycles. The highest BCUT2D eigenvalue weighted by Gasteiger charge is 2.19. The van der Waals surface area contributed by atoms with E-state index in [1.165, 1.54) is 11.3 Å². The van der Waals surface area contributed by atoms with E-state index in [-0.39, 0.29) is 5.91 Å². The number of rotatable bonds is 3. The van der Waals surface area contributed by atoms with Gasteiger partial charge in [-0.2, -0.15) is 0 Å². The molecule has 0 aliphatic heterocycles. The summed E-state index contributed by atoms with van der Waals surface area (Å²) in [5.41, 5.74) is 3.69. The van der Waals surface area contributed by atoms with Crippen LogP contribution in [0.5, 0.6) is 0 Å². The van der Waals surface area contributed by atoms with Crippen molar-refractivity contribution in [2.75, 3.05) is 5.32 Å². The summed E-state index contributed by atoms with van der Waals surface area (Å²) in [6.45, 7) is 2.00. The van der Waals surface area contributed by atoms with Gasteiger partial charge in [-0.15, -0.1) is 11.3 Å². The molecule has 0 radical (unpaired) electrons. The Morgan fingerprint density at radius 2 is 1.87 bits per heavy atom. The number of amides is 1. The third-order valence-electron chi connectivity index (χ3n) is 4.80. The zero-order chi connectivity index (χ0) is 21.7. The van der Waals surface area contributed by atoms with Gasteiger partial charge in [0.05, 0.1) is 15.7 Å². The highest BCUT2D eigenvalue weighted by atomic mass is 35.5. The zero-order valence-electron chi connectivity index (χ0n) is 16.0. The van der Waals surface area contributed by atoms with Gasteiger partial charge >= 0.3 is 0 Å². The Labute approximate surface area is 196 Å². The fourth-order valence-corrected chi connectivity index (χ4v) is 5.13. The second-order valence-electron chi connectivity index (χ2n) is 7.02. The maximum absolute atomic E-state index is 13.0. The van der Waals surface area contributed by atoms with Gasteiger partial charge in [0.2, 0.25) is 5.89 Å². The van der Waals surface area contributed by atoms with Crippen LogP contribution in [0.25, 0.3) is 32.6 Å². The number of oxazole rings is 1.